The van der Waals surface area contributed by atoms with E-state index in [1.807, 2.05) is 0 Å². The number of carbonyl (C=O) groups excluding carboxylic acids is 3. The number of halogens is 1. The normalized spacial score (nSPS) is 11.6. The first-order chi connectivity index (χ1) is 12.7. The summed E-state index contributed by atoms with van der Waals surface area (Å²) in [6.07, 6.45) is 0. The average Bonchev–Trinajstić information content (AvgIpc) is 3.00. The second-order valence-corrected chi connectivity index (χ2v) is 7.02. The van der Waals surface area contributed by atoms with Gasteiger partial charge in [0.25, 0.3) is 0 Å². The van der Waals surface area contributed by atoms with Gasteiger partial charge < -0.3 is 20.5 Å². The molecular formula is C17H19FN4O4S. The monoisotopic (exact) mass is 394 g/mol. The fourth-order valence-corrected chi connectivity index (χ4v) is 2.70. The topological polar surface area (TPSA) is 113 Å². The maximum atomic E-state index is 13.6. The van der Waals surface area contributed by atoms with Crippen LogP contribution in [0.15, 0.2) is 28.8 Å². The Labute approximate surface area is 159 Å². The molecule has 1 unspecified atom stereocenters. The van der Waals surface area contributed by atoms with Gasteiger partial charge in [-0.25, -0.2) is 4.39 Å². The molecule has 1 heterocycles. The number of nitrogens with zero attached hydrogens (tertiary/aromatic N) is 1. The van der Waals surface area contributed by atoms with E-state index in [4.69, 9.17) is 4.52 Å². The van der Waals surface area contributed by atoms with E-state index in [0.717, 1.165) is 17.8 Å². The SMILES string of the molecule is CC(=O)Nc1cc(NC(=O)CSC(C)C(=O)Nc2cc(C)on2)ccc1F. The Balaban J connectivity index is 1.84. The number of benzene rings is 1. The largest absolute Gasteiger partial charge is 0.360 e. The molecule has 1 atom stereocenters. The molecule has 0 bridgehead atoms. The van der Waals surface area contributed by atoms with Gasteiger partial charge in [0, 0.05) is 18.7 Å². The van der Waals surface area contributed by atoms with Crippen molar-refractivity contribution in [2.45, 2.75) is 26.0 Å². The zero-order valence-electron chi connectivity index (χ0n) is 15.0. The van der Waals surface area contributed by atoms with Crippen LogP contribution in [-0.2, 0) is 14.4 Å². The Morgan fingerprint density at radius 2 is 1.96 bits per heavy atom. The summed E-state index contributed by atoms with van der Waals surface area (Å²) in [7, 11) is 0. The van der Waals surface area contributed by atoms with Gasteiger partial charge in [-0.3, -0.25) is 14.4 Å². The molecule has 0 fully saturated rings. The highest BCUT2D eigenvalue weighted by atomic mass is 32.2. The van der Waals surface area contributed by atoms with Crippen LogP contribution in [0.5, 0.6) is 0 Å². The fourth-order valence-electron chi connectivity index (χ4n) is 2.02. The Kier molecular flexibility index (Phi) is 6.94. The van der Waals surface area contributed by atoms with Crippen LogP contribution in [0.3, 0.4) is 0 Å². The second-order valence-electron chi connectivity index (χ2n) is 5.69. The van der Waals surface area contributed by atoms with Crippen LogP contribution in [0.2, 0.25) is 0 Å². The number of carbonyl (C=O) groups is 3. The lowest BCUT2D eigenvalue weighted by molar-refractivity contribution is -0.115. The maximum Gasteiger partial charge on any atom is 0.238 e. The minimum atomic E-state index is -0.606. The average molecular weight is 394 g/mol. The zero-order chi connectivity index (χ0) is 20.0. The quantitative estimate of drug-likeness (QED) is 0.665. The van der Waals surface area contributed by atoms with Crippen molar-refractivity contribution < 1.29 is 23.3 Å². The van der Waals surface area contributed by atoms with Crippen LogP contribution >= 0.6 is 11.8 Å². The van der Waals surface area contributed by atoms with Gasteiger partial charge in [0.1, 0.15) is 11.6 Å². The Morgan fingerprint density at radius 3 is 2.59 bits per heavy atom. The predicted molar refractivity (Wildman–Crippen MR) is 101 cm³/mol. The summed E-state index contributed by atoms with van der Waals surface area (Å²) in [4.78, 5) is 35.2. The molecule has 10 heteroatoms. The fraction of sp³-hybridized carbons (Fsp3) is 0.294. The molecule has 3 amide bonds. The molecular weight excluding hydrogens is 375 g/mol. The van der Waals surface area contributed by atoms with E-state index in [-0.39, 0.29) is 23.3 Å². The summed E-state index contributed by atoms with van der Waals surface area (Å²) in [5.74, 6) is -0.803. The zero-order valence-corrected chi connectivity index (χ0v) is 15.8. The number of hydrogen-bond donors (Lipinski definition) is 3. The lowest BCUT2D eigenvalue weighted by Gasteiger charge is -2.11. The maximum absolute atomic E-state index is 13.6. The van der Waals surface area contributed by atoms with Crippen molar-refractivity contribution in [1.29, 1.82) is 0 Å². The highest BCUT2D eigenvalue weighted by molar-refractivity contribution is 8.01. The van der Waals surface area contributed by atoms with Crippen LogP contribution in [0, 0.1) is 12.7 Å². The predicted octanol–water partition coefficient (Wildman–Crippen LogP) is 2.78. The molecule has 0 spiro atoms. The molecule has 0 radical (unpaired) electrons. The summed E-state index contributed by atoms with van der Waals surface area (Å²) >= 11 is 1.13. The molecule has 144 valence electrons. The summed E-state index contributed by atoms with van der Waals surface area (Å²) in [5.41, 5.74) is 0.310. The Bertz CT molecular complexity index is 855. The van der Waals surface area contributed by atoms with Gasteiger partial charge in [-0.15, -0.1) is 11.8 Å². The van der Waals surface area contributed by atoms with Crippen molar-refractivity contribution in [3.63, 3.8) is 0 Å². The highest BCUT2D eigenvalue weighted by Gasteiger charge is 2.17. The summed E-state index contributed by atoms with van der Waals surface area (Å²) < 4.78 is 18.5. The van der Waals surface area contributed by atoms with Gasteiger partial charge in [-0.05, 0) is 32.0 Å². The molecule has 0 aliphatic heterocycles. The summed E-state index contributed by atoms with van der Waals surface area (Å²) in [6.45, 7) is 4.62. The van der Waals surface area contributed by atoms with Crippen molar-refractivity contribution >= 4 is 46.7 Å². The number of aromatic nitrogens is 1. The van der Waals surface area contributed by atoms with Crippen LogP contribution in [0.25, 0.3) is 0 Å². The van der Waals surface area contributed by atoms with Crippen molar-refractivity contribution in [2.75, 3.05) is 21.7 Å². The smallest absolute Gasteiger partial charge is 0.238 e. The Hall–Kier alpha value is -2.88. The first kappa shape index (κ1) is 20.4. The molecule has 27 heavy (non-hydrogen) atoms. The third-order valence-electron chi connectivity index (χ3n) is 3.27. The van der Waals surface area contributed by atoms with Gasteiger partial charge in [0.15, 0.2) is 5.82 Å². The number of rotatable bonds is 7. The molecule has 1 aromatic carbocycles. The molecule has 2 rings (SSSR count). The molecule has 0 aliphatic carbocycles. The van der Waals surface area contributed by atoms with Crippen molar-refractivity contribution in [1.82, 2.24) is 5.16 Å². The first-order valence-corrected chi connectivity index (χ1v) is 9.02. The van der Waals surface area contributed by atoms with Gasteiger partial charge in [-0.2, -0.15) is 0 Å². The highest BCUT2D eigenvalue weighted by Crippen LogP contribution is 2.20. The van der Waals surface area contributed by atoms with Crippen LogP contribution < -0.4 is 16.0 Å². The van der Waals surface area contributed by atoms with Gasteiger partial charge in [-0.1, -0.05) is 5.16 Å². The minimum absolute atomic E-state index is 0.0132. The second kappa shape index (κ2) is 9.17. The van der Waals surface area contributed by atoms with E-state index in [1.165, 1.54) is 19.1 Å². The van der Waals surface area contributed by atoms with Crippen molar-refractivity contribution in [3.8, 4) is 0 Å². The number of aryl methyl sites for hydroxylation is 1. The third kappa shape index (κ3) is 6.41. The number of hydrogen-bond acceptors (Lipinski definition) is 6. The van der Waals surface area contributed by atoms with E-state index < -0.39 is 17.0 Å². The molecule has 0 aliphatic rings. The van der Waals surface area contributed by atoms with Crippen molar-refractivity contribution in [2.24, 2.45) is 0 Å². The lowest BCUT2D eigenvalue weighted by Crippen LogP contribution is -2.25. The molecule has 1 aromatic heterocycles. The van der Waals surface area contributed by atoms with Crippen LogP contribution in [-0.4, -0.2) is 33.9 Å². The van der Waals surface area contributed by atoms with E-state index >= 15 is 0 Å². The van der Waals surface area contributed by atoms with E-state index in [1.54, 1.807) is 19.9 Å². The van der Waals surface area contributed by atoms with E-state index in [9.17, 15) is 18.8 Å². The number of amides is 3. The number of nitrogens with one attached hydrogen (secondary N) is 3. The third-order valence-corrected chi connectivity index (χ3v) is 4.42. The first-order valence-electron chi connectivity index (χ1n) is 7.97. The standard InChI is InChI=1S/C17H19FN4O4S/c1-9-6-15(22-26-9)21-17(25)10(2)27-8-16(24)20-12-4-5-13(18)14(7-12)19-11(3)23/h4-7,10H,8H2,1-3H3,(H,19,23)(H,20,24)(H,21,22,25). The number of anilines is 3. The van der Waals surface area contributed by atoms with Crippen molar-refractivity contribution in [3.05, 3.63) is 35.8 Å². The van der Waals surface area contributed by atoms with Crippen LogP contribution in [0.1, 0.15) is 19.6 Å². The van der Waals surface area contributed by atoms with Gasteiger partial charge in [0.05, 0.1) is 16.7 Å². The molecule has 0 saturated heterocycles. The number of thioether (sulfide) groups is 1. The minimum Gasteiger partial charge on any atom is -0.360 e. The molecule has 3 N–H and O–H groups in total. The summed E-state index contributed by atoms with van der Waals surface area (Å²) in [6, 6.07) is 5.43. The lowest BCUT2D eigenvalue weighted by atomic mass is 10.2. The van der Waals surface area contributed by atoms with Gasteiger partial charge >= 0.3 is 0 Å². The van der Waals surface area contributed by atoms with E-state index in [0.29, 0.717) is 17.3 Å². The van der Waals surface area contributed by atoms with E-state index in [2.05, 4.69) is 21.1 Å². The molecule has 0 saturated carbocycles. The molecule has 2 aromatic rings. The summed E-state index contributed by atoms with van der Waals surface area (Å²) in [5, 5.41) is 10.7. The molecule has 8 nitrogen and oxygen atoms in total. The van der Waals surface area contributed by atoms with Gasteiger partial charge in [0.2, 0.25) is 17.7 Å². The Morgan fingerprint density at radius 1 is 1.22 bits per heavy atom. The van der Waals surface area contributed by atoms with Crippen LogP contribution in [0.4, 0.5) is 21.6 Å².